The minimum absolute atomic E-state index is 0.0269. The average molecular weight is 332 g/mol. The Balaban J connectivity index is 1.94. The molecule has 0 spiro atoms. The molecule has 1 aromatic carbocycles. The first kappa shape index (κ1) is 14.1. The first-order valence-electron chi connectivity index (χ1n) is 7.09. The smallest absolute Gasteiger partial charge is 0.227 e. The number of carbonyl (C=O) groups excluding carboxylic acids is 1. The third-order valence-electron chi connectivity index (χ3n) is 3.85. The summed E-state index contributed by atoms with van der Waals surface area (Å²) in [5.41, 5.74) is 1.56. The van der Waals surface area contributed by atoms with Gasteiger partial charge in [0.1, 0.15) is 17.3 Å². The molecule has 1 fully saturated rings. The summed E-state index contributed by atoms with van der Waals surface area (Å²) in [4.78, 5) is 21.7. The summed E-state index contributed by atoms with van der Waals surface area (Å²) in [6.07, 6.45) is 4.11. The molecule has 0 unspecified atom stereocenters. The van der Waals surface area contributed by atoms with Crippen LogP contribution in [-0.4, -0.2) is 32.2 Å². The predicted octanol–water partition coefficient (Wildman–Crippen LogP) is 2.73. The predicted molar refractivity (Wildman–Crippen MR) is 83.2 cm³/mol. The first-order chi connectivity index (χ1) is 11.1. The number of benzene rings is 1. The lowest BCUT2D eigenvalue weighted by molar-refractivity contribution is -0.117. The number of nitrogens with zero attached hydrogens (tertiary/aromatic N) is 5. The van der Waals surface area contributed by atoms with Gasteiger partial charge in [0.05, 0.1) is 23.0 Å². The van der Waals surface area contributed by atoms with E-state index >= 15 is 0 Å². The van der Waals surface area contributed by atoms with Gasteiger partial charge in [0, 0.05) is 13.0 Å². The van der Waals surface area contributed by atoms with Gasteiger partial charge in [-0.05, 0) is 24.6 Å². The Bertz CT molecular complexity index is 925. The van der Waals surface area contributed by atoms with E-state index in [0.717, 1.165) is 6.42 Å². The van der Waals surface area contributed by atoms with Gasteiger partial charge in [0.25, 0.3) is 0 Å². The molecule has 0 saturated carbocycles. The molecule has 23 heavy (non-hydrogen) atoms. The fraction of sp³-hybridized carbons (Fsp3) is 0.200. The van der Waals surface area contributed by atoms with Crippen LogP contribution in [0.3, 0.4) is 0 Å². The molecule has 2 aromatic heterocycles. The van der Waals surface area contributed by atoms with Gasteiger partial charge in [0.2, 0.25) is 5.91 Å². The maximum absolute atomic E-state index is 13.7. The number of halogens is 2. The van der Waals surface area contributed by atoms with Crippen molar-refractivity contribution in [1.82, 2.24) is 19.7 Å². The van der Waals surface area contributed by atoms with Crippen LogP contribution in [0.15, 0.2) is 30.7 Å². The highest BCUT2D eigenvalue weighted by atomic mass is 35.5. The highest BCUT2D eigenvalue weighted by molar-refractivity contribution is 6.33. The van der Waals surface area contributed by atoms with Crippen molar-refractivity contribution in [2.45, 2.75) is 12.8 Å². The van der Waals surface area contributed by atoms with Gasteiger partial charge in [-0.25, -0.2) is 19.0 Å². The topological polar surface area (TPSA) is 63.9 Å². The minimum atomic E-state index is -0.410. The largest absolute Gasteiger partial charge is 0.310 e. The number of fused-ring (bicyclic) bond motifs is 1. The maximum atomic E-state index is 13.7. The lowest BCUT2D eigenvalue weighted by atomic mass is 10.2. The normalized spacial score (nSPS) is 14.9. The van der Waals surface area contributed by atoms with Crippen molar-refractivity contribution < 1.29 is 9.18 Å². The molecule has 0 atom stereocenters. The third-order valence-corrected chi connectivity index (χ3v) is 4.15. The van der Waals surface area contributed by atoms with E-state index in [1.54, 1.807) is 21.8 Å². The van der Waals surface area contributed by atoms with Crippen LogP contribution in [-0.2, 0) is 4.79 Å². The Morgan fingerprint density at radius 2 is 2.09 bits per heavy atom. The number of aromatic nitrogens is 4. The Kier molecular flexibility index (Phi) is 3.23. The zero-order valence-corrected chi connectivity index (χ0v) is 12.7. The molecule has 1 amide bonds. The van der Waals surface area contributed by atoms with E-state index in [0.29, 0.717) is 40.5 Å². The molecule has 1 aliphatic heterocycles. The summed E-state index contributed by atoms with van der Waals surface area (Å²) in [6.45, 7) is 0.560. The van der Waals surface area contributed by atoms with Crippen LogP contribution in [0, 0.1) is 5.82 Å². The second-order valence-corrected chi connectivity index (χ2v) is 5.60. The quantitative estimate of drug-likeness (QED) is 0.677. The van der Waals surface area contributed by atoms with Gasteiger partial charge in [-0.1, -0.05) is 11.6 Å². The maximum Gasteiger partial charge on any atom is 0.227 e. The summed E-state index contributed by atoms with van der Waals surface area (Å²) >= 11 is 6.04. The molecule has 4 rings (SSSR count). The van der Waals surface area contributed by atoms with Gasteiger partial charge in [-0.15, -0.1) is 0 Å². The second-order valence-electron chi connectivity index (χ2n) is 5.24. The zero-order chi connectivity index (χ0) is 16.0. The van der Waals surface area contributed by atoms with Crippen molar-refractivity contribution >= 4 is 34.2 Å². The van der Waals surface area contributed by atoms with Crippen LogP contribution in [0.25, 0.3) is 16.7 Å². The number of carbonyl (C=O) groups is 1. The van der Waals surface area contributed by atoms with Gasteiger partial charge in [0.15, 0.2) is 5.65 Å². The Labute approximate surface area is 135 Å². The lowest BCUT2D eigenvalue weighted by Crippen LogP contribution is -2.25. The van der Waals surface area contributed by atoms with Crippen molar-refractivity contribution in [3.05, 3.63) is 41.7 Å². The van der Waals surface area contributed by atoms with Crippen molar-refractivity contribution in [1.29, 1.82) is 0 Å². The molecule has 6 nitrogen and oxygen atoms in total. The second kappa shape index (κ2) is 5.27. The number of rotatable bonds is 2. The highest BCUT2D eigenvalue weighted by Crippen LogP contribution is 2.31. The number of amides is 1. The Morgan fingerprint density at radius 1 is 1.22 bits per heavy atom. The molecular formula is C15H11ClFN5O. The van der Waals surface area contributed by atoms with Crippen LogP contribution in [0.5, 0.6) is 0 Å². The minimum Gasteiger partial charge on any atom is -0.310 e. The van der Waals surface area contributed by atoms with Gasteiger partial charge in [-0.2, -0.15) is 5.10 Å². The van der Waals surface area contributed by atoms with Crippen LogP contribution in [0.1, 0.15) is 12.8 Å². The standard InChI is InChI=1S/C15H11ClFN5O/c16-14-10-7-20-22(15(10)19-8-18-14)11-4-3-9(17)6-12(11)21-5-1-2-13(21)23/h3-4,6-8H,1-2,5H2. The van der Waals surface area contributed by atoms with E-state index < -0.39 is 5.82 Å². The fourth-order valence-corrected chi connectivity index (χ4v) is 2.96. The molecule has 3 heterocycles. The third kappa shape index (κ3) is 2.24. The summed E-state index contributed by atoms with van der Waals surface area (Å²) < 4.78 is 15.3. The summed E-state index contributed by atoms with van der Waals surface area (Å²) in [7, 11) is 0. The molecule has 0 aliphatic carbocycles. The van der Waals surface area contributed by atoms with E-state index in [9.17, 15) is 9.18 Å². The Morgan fingerprint density at radius 3 is 2.87 bits per heavy atom. The summed E-state index contributed by atoms with van der Waals surface area (Å²) in [6, 6.07) is 4.25. The molecule has 0 N–H and O–H groups in total. The number of anilines is 1. The summed E-state index contributed by atoms with van der Waals surface area (Å²) in [5, 5.41) is 5.17. The molecule has 116 valence electrons. The summed E-state index contributed by atoms with van der Waals surface area (Å²) in [5.74, 6) is -0.437. The van der Waals surface area contributed by atoms with E-state index in [-0.39, 0.29) is 5.91 Å². The first-order valence-corrected chi connectivity index (χ1v) is 7.47. The average Bonchev–Trinajstić information content (AvgIpc) is 3.14. The monoisotopic (exact) mass is 331 g/mol. The zero-order valence-electron chi connectivity index (χ0n) is 11.9. The highest BCUT2D eigenvalue weighted by Gasteiger charge is 2.26. The van der Waals surface area contributed by atoms with Crippen molar-refractivity contribution in [3.8, 4) is 5.69 Å². The molecule has 0 radical (unpaired) electrons. The SMILES string of the molecule is O=C1CCCN1c1cc(F)ccc1-n1ncc2c(Cl)ncnc21. The van der Waals surface area contributed by atoms with Crippen LogP contribution in [0.4, 0.5) is 10.1 Å². The van der Waals surface area contributed by atoms with E-state index in [1.165, 1.54) is 18.5 Å². The van der Waals surface area contributed by atoms with Crippen molar-refractivity contribution in [2.75, 3.05) is 11.4 Å². The Hall–Kier alpha value is -2.54. The van der Waals surface area contributed by atoms with Crippen molar-refractivity contribution in [2.24, 2.45) is 0 Å². The molecule has 1 aliphatic rings. The number of hydrogen-bond acceptors (Lipinski definition) is 4. The fourth-order valence-electron chi connectivity index (χ4n) is 2.79. The van der Waals surface area contributed by atoms with E-state index in [1.807, 2.05) is 0 Å². The van der Waals surface area contributed by atoms with Gasteiger partial charge in [-0.3, -0.25) is 4.79 Å². The molecular weight excluding hydrogens is 321 g/mol. The van der Waals surface area contributed by atoms with Crippen LogP contribution >= 0.6 is 11.6 Å². The van der Waals surface area contributed by atoms with Crippen molar-refractivity contribution in [3.63, 3.8) is 0 Å². The number of hydrogen-bond donors (Lipinski definition) is 0. The molecule has 3 aromatic rings. The van der Waals surface area contributed by atoms with Crippen LogP contribution < -0.4 is 4.90 Å². The van der Waals surface area contributed by atoms with Gasteiger partial charge >= 0.3 is 0 Å². The molecule has 0 bridgehead atoms. The molecule has 1 saturated heterocycles. The van der Waals surface area contributed by atoms with E-state index in [4.69, 9.17) is 11.6 Å². The van der Waals surface area contributed by atoms with Crippen LogP contribution in [0.2, 0.25) is 5.15 Å². The lowest BCUT2D eigenvalue weighted by Gasteiger charge is -2.19. The van der Waals surface area contributed by atoms with Gasteiger partial charge < -0.3 is 4.90 Å². The van der Waals surface area contributed by atoms with E-state index in [2.05, 4.69) is 15.1 Å². The molecule has 8 heteroatoms.